The number of benzene rings is 1. The third-order valence-corrected chi connectivity index (χ3v) is 3.41. The zero-order valence-corrected chi connectivity index (χ0v) is 10.1. The van der Waals surface area contributed by atoms with E-state index in [0.29, 0.717) is 0 Å². The summed E-state index contributed by atoms with van der Waals surface area (Å²) in [5.74, 6) is -0.889. The highest BCUT2D eigenvalue weighted by Crippen LogP contribution is 2.17. The lowest BCUT2D eigenvalue weighted by atomic mass is 10.2. The van der Waals surface area contributed by atoms with Crippen molar-refractivity contribution in [2.24, 2.45) is 0 Å². The van der Waals surface area contributed by atoms with Crippen molar-refractivity contribution >= 4 is 21.6 Å². The Morgan fingerprint density at radius 3 is 2.76 bits per heavy atom. The van der Waals surface area contributed by atoms with Gasteiger partial charge in [0.25, 0.3) is 0 Å². The van der Waals surface area contributed by atoms with E-state index in [1.165, 1.54) is 12.1 Å². The molecule has 0 fully saturated rings. The fourth-order valence-electron chi connectivity index (χ4n) is 1.09. The van der Waals surface area contributed by atoms with Crippen molar-refractivity contribution in [1.82, 2.24) is 4.72 Å². The van der Waals surface area contributed by atoms with Gasteiger partial charge in [-0.2, -0.15) is 5.26 Å². The minimum absolute atomic E-state index is 0.0866. The number of halogens is 2. The highest BCUT2D eigenvalue weighted by atomic mass is 35.5. The summed E-state index contributed by atoms with van der Waals surface area (Å²) < 4.78 is 38.8. The lowest BCUT2D eigenvalue weighted by Gasteiger charge is -2.07. The van der Waals surface area contributed by atoms with E-state index in [1.54, 1.807) is 0 Å². The predicted octanol–water partition coefficient (Wildman–Crippen LogP) is 1.73. The molecule has 0 saturated carbocycles. The predicted molar refractivity (Wildman–Crippen MR) is 61.3 cm³/mol. The van der Waals surface area contributed by atoms with Crippen LogP contribution in [0, 0.1) is 17.1 Å². The number of hydrogen-bond acceptors (Lipinski definition) is 3. The van der Waals surface area contributed by atoms with Crippen LogP contribution in [0.15, 0.2) is 34.7 Å². The molecule has 1 rings (SSSR count). The maximum Gasteiger partial charge on any atom is 0.242 e. The maximum absolute atomic E-state index is 13.2. The molecule has 0 atom stereocenters. The van der Waals surface area contributed by atoms with Gasteiger partial charge in [0, 0.05) is 11.6 Å². The van der Waals surface area contributed by atoms with Crippen molar-refractivity contribution in [3.8, 4) is 6.07 Å². The maximum atomic E-state index is 13.2. The van der Waals surface area contributed by atoms with Crippen molar-refractivity contribution in [1.29, 1.82) is 5.26 Å². The van der Waals surface area contributed by atoms with E-state index in [9.17, 15) is 12.8 Å². The van der Waals surface area contributed by atoms with Gasteiger partial charge in [-0.05, 0) is 12.1 Å². The van der Waals surface area contributed by atoms with Gasteiger partial charge in [-0.25, -0.2) is 17.5 Å². The topological polar surface area (TPSA) is 70.0 Å². The molecule has 0 aromatic heterocycles. The average Bonchev–Trinajstić information content (AvgIpc) is 2.26. The quantitative estimate of drug-likeness (QED) is 0.909. The van der Waals surface area contributed by atoms with Gasteiger partial charge < -0.3 is 0 Å². The number of sulfonamides is 1. The van der Waals surface area contributed by atoms with Crippen LogP contribution in [0.5, 0.6) is 0 Å². The van der Waals surface area contributed by atoms with E-state index in [2.05, 4.69) is 11.3 Å². The molecule has 0 unspecified atom stereocenters. The van der Waals surface area contributed by atoms with Gasteiger partial charge in [-0.1, -0.05) is 24.2 Å². The van der Waals surface area contributed by atoms with Crippen LogP contribution in [0.25, 0.3) is 0 Å². The summed E-state index contributed by atoms with van der Waals surface area (Å²) in [5, 5.41) is 8.80. The molecular weight excluding hydrogens is 267 g/mol. The van der Waals surface area contributed by atoms with Crippen LogP contribution >= 0.6 is 11.6 Å². The summed E-state index contributed by atoms with van der Waals surface area (Å²) in [5.41, 5.74) is -0.528. The molecular formula is C10H8ClFN2O2S. The number of nitrogens with one attached hydrogen (secondary N) is 1. The normalized spacial score (nSPS) is 10.9. The van der Waals surface area contributed by atoms with E-state index >= 15 is 0 Å². The second-order valence-electron chi connectivity index (χ2n) is 3.07. The van der Waals surface area contributed by atoms with Crippen LogP contribution in [0.3, 0.4) is 0 Å². The van der Waals surface area contributed by atoms with Crippen molar-refractivity contribution < 1.29 is 12.8 Å². The van der Waals surface area contributed by atoms with E-state index < -0.39 is 26.3 Å². The average molecular weight is 275 g/mol. The molecule has 0 aliphatic carbocycles. The summed E-state index contributed by atoms with van der Waals surface area (Å²) in [7, 11) is -3.98. The molecule has 0 spiro atoms. The largest absolute Gasteiger partial charge is 0.242 e. The van der Waals surface area contributed by atoms with Crippen LogP contribution in [0.1, 0.15) is 5.56 Å². The second-order valence-corrected chi connectivity index (χ2v) is 5.34. The fourth-order valence-corrected chi connectivity index (χ4v) is 2.42. The summed E-state index contributed by atoms with van der Waals surface area (Å²) in [6.07, 6.45) is 0. The molecule has 0 aliphatic heterocycles. The molecule has 0 aliphatic rings. The molecule has 0 saturated heterocycles. The second kappa shape index (κ2) is 5.27. The molecule has 0 heterocycles. The van der Waals surface area contributed by atoms with E-state index in [-0.39, 0.29) is 11.6 Å². The van der Waals surface area contributed by atoms with E-state index in [4.69, 9.17) is 16.9 Å². The number of hydrogen-bond donors (Lipinski definition) is 1. The number of nitriles is 1. The van der Waals surface area contributed by atoms with E-state index in [1.807, 2.05) is 0 Å². The van der Waals surface area contributed by atoms with Crippen LogP contribution in [-0.2, 0) is 10.0 Å². The minimum atomic E-state index is -3.98. The first-order valence-electron chi connectivity index (χ1n) is 4.40. The molecule has 7 heteroatoms. The summed E-state index contributed by atoms with van der Waals surface area (Å²) in [4.78, 5) is -0.419. The van der Waals surface area contributed by atoms with Crippen LogP contribution in [0.2, 0.25) is 0 Å². The molecule has 1 N–H and O–H groups in total. The van der Waals surface area contributed by atoms with Gasteiger partial charge in [0.15, 0.2) is 0 Å². The van der Waals surface area contributed by atoms with Gasteiger partial charge in [0.2, 0.25) is 10.0 Å². The zero-order chi connectivity index (χ0) is 13.1. The van der Waals surface area contributed by atoms with Crippen LogP contribution in [0.4, 0.5) is 4.39 Å². The minimum Gasteiger partial charge on any atom is -0.207 e. The molecule has 1 aromatic rings. The summed E-state index contributed by atoms with van der Waals surface area (Å²) in [6.45, 7) is 3.12. The lowest BCUT2D eigenvalue weighted by Crippen LogP contribution is -2.25. The standard InChI is InChI=1S/C10H8ClFN2O2S/c1-7(11)6-14-17(15,16)10-4-2-3-9(12)8(10)5-13/h2-4,14H,1,6H2. The van der Waals surface area contributed by atoms with Crippen molar-refractivity contribution in [2.75, 3.05) is 6.54 Å². The van der Waals surface area contributed by atoms with Gasteiger partial charge in [0.05, 0.1) is 0 Å². The molecule has 17 heavy (non-hydrogen) atoms. The molecule has 0 radical (unpaired) electrons. The van der Waals surface area contributed by atoms with Gasteiger partial charge in [0.1, 0.15) is 22.3 Å². The number of rotatable bonds is 4. The Morgan fingerprint density at radius 2 is 2.24 bits per heavy atom. The molecule has 90 valence electrons. The lowest BCUT2D eigenvalue weighted by molar-refractivity contribution is 0.580. The molecule has 4 nitrogen and oxygen atoms in total. The van der Waals surface area contributed by atoms with Gasteiger partial charge >= 0.3 is 0 Å². The molecule has 0 amide bonds. The SMILES string of the molecule is C=C(Cl)CNS(=O)(=O)c1cccc(F)c1C#N. The zero-order valence-electron chi connectivity index (χ0n) is 8.57. The Labute approximate surface area is 103 Å². The first-order valence-corrected chi connectivity index (χ1v) is 6.26. The van der Waals surface area contributed by atoms with Crippen molar-refractivity contribution in [3.63, 3.8) is 0 Å². The highest BCUT2D eigenvalue weighted by molar-refractivity contribution is 7.89. The third kappa shape index (κ3) is 3.27. The summed E-state index contributed by atoms with van der Waals surface area (Å²) >= 11 is 5.42. The fraction of sp³-hybridized carbons (Fsp3) is 0.100. The van der Waals surface area contributed by atoms with Crippen molar-refractivity contribution in [2.45, 2.75) is 4.90 Å². The Bertz CT molecular complexity index is 593. The third-order valence-electron chi connectivity index (χ3n) is 1.83. The first kappa shape index (κ1) is 13.6. The Hall–Kier alpha value is -1.42. The van der Waals surface area contributed by atoms with Crippen LogP contribution in [-0.4, -0.2) is 15.0 Å². The number of nitrogens with zero attached hydrogens (tertiary/aromatic N) is 1. The molecule has 1 aromatic carbocycles. The van der Waals surface area contributed by atoms with Crippen LogP contribution < -0.4 is 4.72 Å². The van der Waals surface area contributed by atoms with Gasteiger partial charge in [-0.3, -0.25) is 0 Å². The highest BCUT2D eigenvalue weighted by Gasteiger charge is 2.20. The van der Waals surface area contributed by atoms with E-state index in [0.717, 1.165) is 12.1 Å². The first-order chi connectivity index (χ1) is 7.88. The molecule has 0 bridgehead atoms. The van der Waals surface area contributed by atoms with Crippen molar-refractivity contribution in [3.05, 3.63) is 41.2 Å². The monoisotopic (exact) mass is 274 g/mol. The summed E-state index contributed by atoms with van der Waals surface area (Å²) in [6, 6.07) is 4.87. The Morgan fingerprint density at radius 1 is 1.59 bits per heavy atom. The smallest absolute Gasteiger partial charge is 0.207 e. The van der Waals surface area contributed by atoms with Gasteiger partial charge in [-0.15, -0.1) is 0 Å². The Balaban J connectivity index is 3.21. The Kier molecular flexibility index (Phi) is 4.23.